The van der Waals surface area contributed by atoms with Gasteiger partial charge in [-0.25, -0.2) is 4.79 Å². The lowest BCUT2D eigenvalue weighted by molar-refractivity contribution is -0.121. The van der Waals surface area contributed by atoms with Crippen molar-refractivity contribution in [2.24, 2.45) is 0 Å². The molecule has 1 atom stereocenters. The summed E-state index contributed by atoms with van der Waals surface area (Å²) in [5.74, 6) is -0.282. The predicted octanol–water partition coefficient (Wildman–Crippen LogP) is 1.25. The van der Waals surface area contributed by atoms with Gasteiger partial charge in [0.05, 0.1) is 6.54 Å². The topological polar surface area (TPSA) is 73.5 Å². The largest absolute Gasteiger partial charge is 0.325 e. The van der Waals surface area contributed by atoms with Crippen LogP contribution in [0.4, 0.5) is 10.5 Å². The highest BCUT2D eigenvalue weighted by Gasteiger charge is 2.21. The van der Waals surface area contributed by atoms with Gasteiger partial charge < -0.3 is 10.6 Å². The summed E-state index contributed by atoms with van der Waals surface area (Å²) in [5, 5.41) is 8.34. The average Bonchev–Trinajstić information content (AvgIpc) is 2.45. The molecule has 0 aromatic heterocycles. The summed E-state index contributed by atoms with van der Waals surface area (Å²) in [4.78, 5) is 25.9. The molecular formula is C16H24N4O2. The van der Waals surface area contributed by atoms with E-state index in [1.54, 1.807) is 0 Å². The first-order valence-electron chi connectivity index (χ1n) is 7.58. The molecule has 1 aliphatic rings. The maximum Gasteiger partial charge on any atom is 0.325 e. The zero-order chi connectivity index (χ0) is 16.1. The van der Waals surface area contributed by atoms with E-state index in [1.165, 1.54) is 0 Å². The number of carbonyl (C=O) groups excluding carboxylic acids is 2. The number of carbonyl (C=O) groups is 2. The van der Waals surface area contributed by atoms with Crippen LogP contribution in [-0.2, 0) is 4.79 Å². The van der Waals surface area contributed by atoms with Crippen molar-refractivity contribution in [3.8, 4) is 0 Å². The number of hydrogen-bond acceptors (Lipinski definition) is 4. The fourth-order valence-electron chi connectivity index (χ4n) is 2.45. The molecule has 1 aromatic carbocycles. The normalized spacial score (nSPS) is 18.8. The summed E-state index contributed by atoms with van der Waals surface area (Å²) < 4.78 is 0. The summed E-state index contributed by atoms with van der Waals surface area (Å²) in [6, 6.07) is 5.45. The van der Waals surface area contributed by atoms with Gasteiger partial charge in [-0.05, 0) is 44.0 Å². The Labute approximate surface area is 131 Å². The van der Waals surface area contributed by atoms with Crippen molar-refractivity contribution in [3.63, 3.8) is 0 Å². The smallest absolute Gasteiger partial charge is 0.314 e. The number of aryl methyl sites for hydroxylation is 2. The van der Waals surface area contributed by atoms with Crippen LogP contribution in [0.1, 0.15) is 18.1 Å². The molecule has 3 amide bonds. The van der Waals surface area contributed by atoms with Crippen LogP contribution in [0.3, 0.4) is 0 Å². The van der Waals surface area contributed by atoms with Crippen LogP contribution in [0.5, 0.6) is 0 Å². The Kier molecular flexibility index (Phi) is 5.51. The number of hydrogen-bond donors (Lipinski definition) is 3. The van der Waals surface area contributed by atoms with E-state index in [2.05, 4.69) is 27.8 Å². The Hall–Kier alpha value is -1.92. The van der Waals surface area contributed by atoms with Gasteiger partial charge in [0.25, 0.3) is 0 Å². The Balaban J connectivity index is 1.83. The van der Waals surface area contributed by atoms with Crippen molar-refractivity contribution < 1.29 is 9.59 Å². The number of amides is 3. The minimum Gasteiger partial charge on any atom is -0.314 e. The third-order valence-electron chi connectivity index (χ3n) is 4.00. The molecule has 0 spiro atoms. The lowest BCUT2D eigenvalue weighted by Crippen LogP contribution is -2.53. The maximum atomic E-state index is 11.9. The number of benzene rings is 1. The summed E-state index contributed by atoms with van der Waals surface area (Å²) in [7, 11) is 0. The third kappa shape index (κ3) is 4.54. The number of nitrogens with one attached hydrogen (secondary N) is 3. The molecule has 2 rings (SSSR count). The molecule has 0 unspecified atom stereocenters. The number of piperazine rings is 1. The van der Waals surface area contributed by atoms with Crippen LogP contribution in [0, 0.1) is 13.8 Å². The highest BCUT2D eigenvalue weighted by Crippen LogP contribution is 2.13. The van der Waals surface area contributed by atoms with Crippen LogP contribution < -0.4 is 16.0 Å². The first kappa shape index (κ1) is 16.5. The summed E-state index contributed by atoms with van der Waals surface area (Å²) >= 11 is 0. The Bertz CT molecular complexity index is 559. The second-order valence-electron chi connectivity index (χ2n) is 5.82. The Morgan fingerprint density at radius 2 is 2.09 bits per heavy atom. The Morgan fingerprint density at radius 1 is 1.32 bits per heavy atom. The summed E-state index contributed by atoms with van der Waals surface area (Å²) in [5.41, 5.74) is 2.94. The SMILES string of the molecule is Cc1ccc(NC(=O)NC(=O)CN2CCNC[C@H]2C)cc1C. The van der Waals surface area contributed by atoms with Crippen molar-refractivity contribution >= 4 is 17.6 Å². The van der Waals surface area contributed by atoms with Crippen LogP contribution in [-0.4, -0.2) is 49.1 Å². The quantitative estimate of drug-likeness (QED) is 0.786. The van der Waals surface area contributed by atoms with Crippen LogP contribution in [0.15, 0.2) is 18.2 Å². The van der Waals surface area contributed by atoms with E-state index >= 15 is 0 Å². The van der Waals surface area contributed by atoms with Gasteiger partial charge >= 0.3 is 6.03 Å². The van der Waals surface area contributed by atoms with Crippen LogP contribution in [0.2, 0.25) is 0 Å². The lowest BCUT2D eigenvalue weighted by Gasteiger charge is -2.33. The number of rotatable bonds is 3. The number of imide groups is 1. The van der Waals surface area contributed by atoms with Crippen molar-refractivity contribution in [2.45, 2.75) is 26.8 Å². The number of urea groups is 1. The molecule has 1 aliphatic heterocycles. The molecular weight excluding hydrogens is 280 g/mol. The van der Waals surface area contributed by atoms with E-state index in [4.69, 9.17) is 0 Å². The number of nitrogens with zero attached hydrogens (tertiary/aromatic N) is 1. The molecule has 1 fully saturated rings. The van der Waals surface area contributed by atoms with Gasteiger partial charge in [0.1, 0.15) is 0 Å². The minimum absolute atomic E-state index is 0.239. The van der Waals surface area contributed by atoms with Crippen LogP contribution >= 0.6 is 0 Å². The molecule has 22 heavy (non-hydrogen) atoms. The van der Waals surface area contributed by atoms with E-state index in [0.717, 1.165) is 30.8 Å². The number of anilines is 1. The van der Waals surface area contributed by atoms with E-state index in [0.29, 0.717) is 11.7 Å². The molecule has 120 valence electrons. The monoisotopic (exact) mass is 304 g/mol. The van der Waals surface area contributed by atoms with Crippen molar-refractivity contribution in [1.29, 1.82) is 0 Å². The zero-order valence-electron chi connectivity index (χ0n) is 13.4. The first-order chi connectivity index (χ1) is 10.5. The second-order valence-corrected chi connectivity index (χ2v) is 5.82. The molecule has 1 heterocycles. The lowest BCUT2D eigenvalue weighted by atomic mass is 10.1. The standard InChI is InChI=1S/C16H24N4O2/c1-11-4-5-14(8-12(11)2)18-16(22)19-15(21)10-20-7-6-17-9-13(20)3/h4-5,8,13,17H,6-7,9-10H2,1-3H3,(H2,18,19,21,22)/t13-/m1/s1. The molecule has 0 saturated carbocycles. The molecule has 0 radical (unpaired) electrons. The molecule has 0 bridgehead atoms. The van der Waals surface area contributed by atoms with E-state index < -0.39 is 6.03 Å². The maximum absolute atomic E-state index is 11.9. The predicted molar refractivity (Wildman–Crippen MR) is 87.0 cm³/mol. The van der Waals surface area contributed by atoms with Gasteiger partial charge in [0.15, 0.2) is 0 Å². The second kappa shape index (κ2) is 7.38. The zero-order valence-corrected chi connectivity index (χ0v) is 13.4. The van der Waals surface area contributed by atoms with Gasteiger partial charge in [0, 0.05) is 31.4 Å². The summed E-state index contributed by atoms with van der Waals surface area (Å²) in [6.45, 7) is 8.84. The third-order valence-corrected chi connectivity index (χ3v) is 4.00. The summed E-state index contributed by atoms with van der Waals surface area (Å²) in [6.07, 6.45) is 0. The fraction of sp³-hybridized carbons (Fsp3) is 0.500. The fourth-order valence-corrected chi connectivity index (χ4v) is 2.45. The Morgan fingerprint density at radius 3 is 2.77 bits per heavy atom. The van der Waals surface area contributed by atoms with E-state index in [9.17, 15) is 9.59 Å². The van der Waals surface area contributed by atoms with Crippen molar-refractivity contribution in [2.75, 3.05) is 31.5 Å². The van der Waals surface area contributed by atoms with Crippen molar-refractivity contribution in [3.05, 3.63) is 29.3 Å². The molecule has 6 heteroatoms. The van der Waals surface area contributed by atoms with Gasteiger partial charge in [-0.3, -0.25) is 15.0 Å². The van der Waals surface area contributed by atoms with E-state index in [-0.39, 0.29) is 12.5 Å². The van der Waals surface area contributed by atoms with Gasteiger partial charge in [-0.2, -0.15) is 0 Å². The van der Waals surface area contributed by atoms with Crippen molar-refractivity contribution in [1.82, 2.24) is 15.5 Å². The minimum atomic E-state index is -0.490. The van der Waals surface area contributed by atoms with Gasteiger partial charge in [-0.1, -0.05) is 6.07 Å². The molecule has 6 nitrogen and oxygen atoms in total. The molecule has 0 aliphatic carbocycles. The first-order valence-corrected chi connectivity index (χ1v) is 7.58. The van der Waals surface area contributed by atoms with E-state index in [1.807, 2.05) is 32.0 Å². The average molecular weight is 304 g/mol. The molecule has 3 N–H and O–H groups in total. The highest BCUT2D eigenvalue weighted by molar-refractivity contribution is 6.01. The molecule has 1 saturated heterocycles. The van der Waals surface area contributed by atoms with Gasteiger partial charge in [0.2, 0.25) is 5.91 Å². The van der Waals surface area contributed by atoms with Gasteiger partial charge in [-0.15, -0.1) is 0 Å². The molecule has 1 aromatic rings. The van der Waals surface area contributed by atoms with Crippen LogP contribution in [0.25, 0.3) is 0 Å². The highest BCUT2D eigenvalue weighted by atomic mass is 16.2.